The van der Waals surface area contributed by atoms with Crippen molar-refractivity contribution in [1.82, 2.24) is 0 Å². The lowest BCUT2D eigenvalue weighted by Crippen LogP contribution is -2.23. The smallest absolute Gasteiger partial charge is 0.185 e. The van der Waals surface area contributed by atoms with Crippen molar-refractivity contribution >= 4 is 11.6 Å². The predicted octanol–water partition coefficient (Wildman–Crippen LogP) is 0.901. The van der Waals surface area contributed by atoms with Crippen molar-refractivity contribution < 1.29 is 4.39 Å². The topological polar surface area (TPSA) is 76.4 Å². The fraction of sp³-hybridized carbons (Fsp3) is 0.300. The van der Waals surface area contributed by atoms with E-state index in [9.17, 15) is 4.39 Å². The van der Waals surface area contributed by atoms with Crippen LogP contribution in [0.3, 0.4) is 0 Å². The van der Waals surface area contributed by atoms with E-state index in [4.69, 9.17) is 11.5 Å². The second-order valence-electron chi connectivity index (χ2n) is 3.10. The summed E-state index contributed by atoms with van der Waals surface area (Å²) in [4.78, 5) is 3.83. The van der Waals surface area contributed by atoms with Gasteiger partial charge in [0.2, 0.25) is 0 Å². The zero-order valence-electron chi connectivity index (χ0n) is 8.41. The number of nitrogens with one attached hydrogen (secondary N) is 1. The van der Waals surface area contributed by atoms with Crippen LogP contribution >= 0.6 is 0 Å². The SMILES string of the molecule is NC(N)=NCCCNc1cccc(F)c1. The van der Waals surface area contributed by atoms with Crippen molar-refractivity contribution in [3.63, 3.8) is 0 Å². The van der Waals surface area contributed by atoms with Crippen LogP contribution < -0.4 is 16.8 Å². The molecule has 0 heterocycles. The molecular weight excluding hydrogens is 195 g/mol. The van der Waals surface area contributed by atoms with E-state index < -0.39 is 0 Å². The Hall–Kier alpha value is -1.78. The average molecular weight is 210 g/mol. The van der Waals surface area contributed by atoms with Crippen molar-refractivity contribution in [2.24, 2.45) is 16.5 Å². The van der Waals surface area contributed by atoms with E-state index in [1.165, 1.54) is 12.1 Å². The highest BCUT2D eigenvalue weighted by Crippen LogP contribution is 2.08. The number of guanidine groups is 1. The van der Waals surface area contributed by atoms with Crippen LogP contribution in [0.15, 0.2) is 29.3 Å². The molecule has 4 nitrogen and oxygen atoms in total. The summed E-state index contributed by atoms with van der Waals surface area (Å²) in [5.41, 5.74) is 11.1. The maximum atomic E-state index is 12.8. The lowest BCUT2D eigenvalue weighted by molar-refractivity contribution is 0.628. The van der Waals surface area contributed by atoms with E-state index >= 15 is 0 Å². The van der Waals surface area contributed by atoms with Gasteiger partial charge in [-0.25, -0.2) is 4.39 Å². The summed E-state index contributed by atoms with van der Waals surface area (Å²) in [6.07, 6.45) is 0.800. The van der Waals surface area contributed by atoms with Crippen LogP contribution in [0.1, 0.15) is 6.42 Å². The fourth-order valence-corrected chi connectivity index (χ4v) is 1.12. The minimum Gasteiger partial charge on any atom is -0.385 e. The summed E-state index contributed by atoms with van der Waals surface area (Å²) >= 11 is 0. The third kappa shape index (κ3) is 4.85. The molecule has 5 N–H and O–H groups in total. The monoisotopic (exact) mass is 210 g/mol. The molecule has 82 valence electrons. The molecule has 0 aromatic heterocycles. The van der Waals surface area contributed by atoms with Crippen molar-refractivity contribution in [3.8, 4) is 0 Å². The molecule has 0 aliphatic rings. The highest BCUT2D eigenvalue weighted by atomic mass is 19.1. The number of benzene rings is 1. The van der Waals surface area contributed by atoms with Gasteiger partial charge in [0, 0.05) is 18.8 Å². The number of hydrogen-bond donors (Lipinski definition) is 3. The molecule has 15 heavy (non-hydrogen) atoms. The molecular formula is C10H15FN4. The fourth-order valence-electron chi connectivity index (χ4n) is 1.12. The molecule has 0 radical (unpaired) electrons. The zero-order chi connectivity index (χ0) is 11.1. The third-order valence-electron chi connectivity index (χ3n) is 1.78. The second kappa shape index (κ2) is 5.85. The summed E-state index contributed by atoms with van der Waals surface area (Å²) in [5, 5.41) is 3.07. The molecule has 5 heteroatoms. The lowest BCUT2D eigenvalue weighted by atomic mass is 10.3. The first-order chi connectivity index (χ1) is 7.18. The Labute approximate surface area is 88.2 Å². The van der Waals surface area contributed by atoms with Gasteiger partial charge in [-0.2, -0.15) is 0 Å². The number of aliphatic imine (C=N–C) groups is 1. The Morgan fingerprint density at radius 2 is 2.20 bits per heavy atom. The third-order valence-corrected chi connectivity index (χ3v) is 1.78. The first kappa shape index (κ1) is 11.3. The quantitative estimate of drug-likeness (QED) is 0.384. The van der Waals surface area contributed by atoms with Gasteiger partial charge in [-0.3, -0.25) is 4.99 Å². The average Bonchev–Trinajstić information content (AvgIpc) is 2.17. The molecule has 0 aliphatic carbocycles. The Morgan fingerprint density at radius 1 is 1.40 bits per heavy atom. The van der Waals surface area contributed by atoms with E-state index in [1.807, 2.05) is 6.07 Å². The first-order valence-electron chi connectivity index (χ1n) is 4.73. The molecule has 1 aromatic rings. The Morgan fingerprint density at radius 3 is 2.87 bits per heavy atom. The van der Waals surface area contributed by atoms with Crippen molar-refractivity contribution in [3.05, 3.63) is 30.1 Å². The van der Waals surface area contributed by atoms with Crippen LogP contribution in [-0.2, 0) is 0 Å². The van der Waals surface area contributed by atoms with Crippen molar-refractivity contribution in [2.45, 2.75) is 6.42 Å². The zero-order valence-corrected chi connectivity index (χ0v) is 8.41. The normalized spacial score (nSPS) is 9.67. The lowest BCUT2D eigenvalue weighted by Gasteiger charge is -2.04. The predicted molar refractivity (Wildman–Crippen MR) is 60.2 cm³/mol. The van der Waals surface area contributed by atoms with Crippen LogP contribution in [0.5, 0.6) is 0 Å². The molecule has 0 amide bonds. The van der Waals surface area contributed by atoms with Gasteiger partial charge in [0.15, 0.2) is 5.96 Å². The van der Waals surface area contributed by atoms with Crippen molar-refractivity contribution in [2.75, 3.05) is 18.4 Å². The van der Waals surface area contributed by atoms with E-state index in [1.54, 1.807) is 6.07 Å². The minimum atomic E-state index is -0.246. The van der Waals surface area contributed by atoms with E-state index in [2.05, 4.69) is 10.3 Å². The summed E-state index contributed by atoms with van der Waals surface area (Å²) in [6.45, 7) is 1.28. The molecule has 0 spiro atoms. The van der Waals surface area contributed by atoms with Crippen LogP contribution in [0.2, 0.25) is 0 Å². The maximum absolute atomic E-state index is 12.8. The molecule has 1 rings (SSSR count). The standard InChI is InChI=1S/C10H15FN4/c11-8-3-1-4-9(7-8)14-5-2-6-15-10(12)13/h1,3-4,7,14H,2,5-6H2,(H4,12,13,15). The molecule has 0 fully saturated rings. The number of anilines is 1. The minimum absolute atomic E-state index is 0.0979. The largest absolute Gasteiger partial charge is 0.385 e. The molecule has 0 aliphatic heterocycles. The van der Waals surface area contributed by atoms with Gasteiger partial charge in [0.25, 0.3) is 0 Å². The van der Waals surface area contributed by atoms with E-state index in [-0.39, 0.29) is 11.8 Å². The Bertz CT molecular complexity index is 334. The summed E-state index contributed by atoms with van der Waals surface area (Å²) in [6, 6.07) is 6.32. The number of nitrogens with two attached hydrogens (primary N) is 2. The molecule has 0 bridgehead atoms. The highest BCUT2D eigenvalue weighted by molar-refractivity contribution is 5.75. The number of nitrogens with zero attached hydrogens (tertiary/aromatic N) is 1. The van der Waals surface area contributed by atoms with Crippen LogP contribution in [0.4, 0.5) is 10.1 Å². The van der Waals surface area contributed by atoms with Gasteiger partial charge in [-0.1, -0.05) is 6.07 Å². The van der Waals surface area contributed by atoms with Gasteiger partial charge in [-0.05, 0) is 24.6 Å². The Kier molecular flexibility index (Phi) is 4.40. The highest BCUT2D eigenvalue weighted by Gasteiger charge is 1.93. The van der Waals surface area contributed by atoms with Gasteiger partial charge < -0.3 is 16.8 Å². The molecule has 1 aromatic carbocycles. The summed E-state index contributed by atoms with van der Waals surface area (Å²) in [5.74, 6) is -0.148. The van der Waals surface area contributed by atoms with E-state index in [0.717, 1.165) is 12.1 Å². The Balaban J connectivity index is 2.23. The van der Waals surface area contributed by atoms with Crippen LogP contribution in [0, 0.1) is 5.82 Å². The maximum Gasteiger partial charge on any atom is 0.185 e. The van der Waals surface area contributed by atoms with Crippen molar-refractivity contribution in [1.29, 1.82) is 0 Å². The summed E-state index contributed by atoms with van der Waals surface area (Å²) in [7, 11) is 0. The molecule has 0 atom stereocenters. The number of halogens is 1. The van der Waals surface area contributed by atoms with Crippen LogP contribution in [0.25, 0.3) is 0 Å². The van der Waals surface area contributed by atoms with E-state index in [0.29, 0.717) is 13.1 Å². The van der Waals surface area contributed by atoms with Gasteiger partial charge in [0.05, 0.1) is 0 Å². The molecule has 0 saturated carbocycles. The second-order valence-corrected chi connectivity index (χ2v) is 3.10. The van der Waals surface area contributed by atoms with Gasteiger partial charge >= 0.3 is 0 Å². The number of rotatable bonds is 5. The van der Waals surface area contributed by atoms with Crippen LogP contribution in [-0.4, -0.2) is 19.0 Å². The molecule has 0 unspecified atom stereocenters. The van der Waals surface area contributed by atoms with Gasteiger partial charge in [0.1, 0.15) is 5.82 Å². The summed E-state index contributed by atoms with van der Waals surface area (Å²) < 4.78 is 12.8. The van der Waals surface area contributed by atoms with Gasteiger partial charge in [-0.15, -0.1) is 0 Å². The number of hydrogen-bond acceptors (Lipinski definition) is 2. The first-order valence-corrected chi connectivity index (χ1v) is 4.73. The molecule has 0 saturated heterocycles.